The Bertz CT molecular complexity index is 590. The van der Waals surface area contributed by atoms with Crippen LogP contribution in [0.3, 0.4) is 0 Å². The summed E-state index contributed by atoms with van der Waals surface area (Å²) in [5, 5.41) is 4.04. The molecule has 5 heteroatoms. The summed E-state index contributed by atoms with van der Waals surface area (Å²) in [4.78, 5) is 0. The highest BCUT2D eigenvalue weighted by atomic mass is 79.9. The maximum Gasteiger partial charge on any atom is 0.125 e. The molecule has 0 bridgehead atoms. The maximum atomic E-state index is 6.20. The highest BCUT2D eigenvalue weighted by Crippen LogP contribution is 2.30. The van der Waals surface area contributed by atoms with Crippen LogP contribution < -0.4 is 10.1 Å². The Morgan fingerprint density at radius 3 is 2.74 bits per heavy atom. The minimum atomic E-state index is 0.595. The molecule has 19 heavy (non-hydrogen) atoms. The quantitative estimate of drug-likeness (QED) is 0.727. The fraction of sp³-hybridized carbons (Fsp3) is 0.143. The molecule has 2 aromatic carbocycles. The van der Waals surface area contributed by atoms with Crippen molar-refractivity contribution in [3.8, 4) is 5.75 Å². The molecule has 100 valence electrons. The van der Waals surface area contributed by atoms with Crippen LogP contribution in [0.25, 0.3) is 0 Å². The van der Waals surface area contributed by atoms with Crippen LogP contribution in [0.2, 0.25) is 5.02 Å². The van der Waals surface area contributed by atoms with Crippen molar-refractivity contribution in [2.24, 2.45) is 0 Å². The van der Waals surface area contributed by atoms with Gasteiger partial charge >= 0.3 is 0 Å². The second kappa shape index (κ2) is 6.64. The van der Waals surface area contributed by atoms with Gasteiger partial charge in [0.05, 0.1) is 7.11 Å². The highest BCUT2D eigenvalue weighted by Gasteiger charge is 2.08. The summed E-state index contributed by atoms with van der Waals surface area (Å²) in [6, 6.07) is 11.6. The van der Waals surface area contributed by atoms with Crippen molar-refractivity contribution < 1.29 is 4.74 Å². The topological polar surface area (TPSA) is 21.3 Å². The lowest BCUT2D eigenvalue weighted by Gasteiger charge is -2.13. The number of hydrogen-bond acceptors (Lipinski definition) is 2. The number of rotatable bonds is 4. The van der Waals surface area contributed by atoms with E-state index in [0.29, 0.717) is 11.6 Å². The molecule has 0 fully saturated rings. The summed E-state index contributed by atoms with van der Waals surface area (Å²) in [5.74, 6) is 0.783. The van der Waals surface area contributed by atoms with E-state index < -0.39 is 0 Å². The molecule has 0 saturated carbocycles. The zero-order chi connectivity index (χ0) is 13.8. The number of nitrogens with one attached hydrogen (secondary N) is 1. The highest BCUT2D eigenvalue weighted by molar-refractivity contribution is 9.11. The Hall–Kier alpha value is -0.710. The number of anilines is 1. The van der Waals surface area contributed by atoms with Crippen LogP contribution in [0, 0.1) is 0 Å². The van der Waals surface area contributed by atoms with Gasteiger partial charge in [-0.2, -0.15) is 0 Å². The van der Waals surface area contributed by atoms with Gasteiger partial charge in [0.2, 0.25) is 0 Å². The fourth-order valence-electron chi connectivity index (χ4n) is 1.72. The van der Waals surface area contributed by atoms with Crippen molar-refractivity contribution in [2.45, 2.75) is 6.54 Å². The number of halogens is 3. The molecule has 0 aromatic heterocycles. The lowest BCUT2D eigenvalue weighted by atomic mass is 10.2. The van der Waals surface area contributed by atoms with Gasteiger partial charge in [-0.05, 0) is 46.3 Å². The second-order valence-corrected chi connectivity index (χ2v) is 6.08. The first-order valence-corrected chi connectivity index (χ1v) is 7.58. The summed E-state index contributed by atoms with van der Waals surface area (Å²) in [6.45, 7) is 0.595. The monoisotopic (exact) mass is 403 g/mol. The van der Waals surface area contributed by atoms with Crippen LogP contribution in [0.5, 0.6) is 5.75 Å². The molecule has 0 spiro atoms. The van der Waals surface area contributed by atoms with Gasteiger partial charge in [0, 0.05) is 31.8 Å². The predicted octanol–water partition coefficient (Wildman–Crippen LogP) is 5.49. The molecule has 2 rings (SSSR count). The van der Waals surface area contributed by atoms with E-state index in [1.165, 1.54) is 0 Å². The van der Waals surface area contributed by atoms with Crippen LogP contribution in [-0.4, -0.2) is 7.11 Å². The molecular formula is C14H12Br2ClNO. The summed E-state index contributed by atoms with van der Waals surface area (Å²) in [5.41, 5.74) is 1.94. The van der Waals surface area contributed by atoms with Crippen LogP contribution in [0.4, 0.5) is 5.69 Å². The van der Waals surface area contributed by atoms with Gasteiger partial charge in [-0.3, -0.25) is 0 Å². The first-order chi connectivity index (χ1) is 9.11. The minimum Gasteiger partial charge on any atom is -0.496 e. The van der Waals surface area contributed by atoms with Crippen LogP contribution in [0.1, 0.15) is 5.56 Å². The van der Waals surface area contributed by atoms with Gasteiger partial charge in [0.1, 0.15) is 5.75 Å². The van der Waals surface area contributed by atoms with E-state index in [1.54, 1.807) is 7.11 Å². The molecule has 0 aliphatic rings. The molecule has 2 aromatic rings. The Balaban J connectivity index is 2.21. The third kappa shape index (κ3) is 3.65. The van der Waals surface area contributed by atoms with Crippen LogP contribution >= 0.6 is 43.5 Å². The smallest absolute Gasteiger partial charge is 0.125 e. The molecule has 1 N–H and O–H groups in total. The molecule has 0 radical (unpaired) electrons. The van der Waals surface area contributed by atoms with Crippen molar-refractivity contribution >= 4 is 49.1 Å². The zero-order valence-corrected chi connectivity index (χ0v) is 14.1. The van der Waals surface area contributed by atoms with Crippen molar-refractivity contribution in [3.05, 3.63) is 55.9 Å². The van der Waals surface area contributed by atoms with Gasteiger partial charge in [-0.1, -0.05) is 33.6 Å². The van der Waals surface area contributed by atoms with Gasteiger partial charge in [0.25, 0.3) is 0 Å². The summed E-state index contributed by atoms with van der Waals surface area (Å²) < 4.78 is 7.34. The Labute approximate surface area is 134 Å². The van der Waals surface area contributed by atoms with E-state index in [9.17, 15) is 0 Å². The molecule has 2 nitrogen and oxygen atoms in total. The average molecular weight is 406 g/mol. The van der Waals surface area contributed by atoms with Crippen molar-refractivity contribution in [1.82, 2.24) is 0 Å². The molecule has 0 heterocycles. The number of methoxy groups -OCH3 is 1. The lowest BCUT2D eigenvalue weighted by Crippen LogP contribution is -2.03. The van der Waals surface area contributed by atoms with E-state index in [2.05, 4.69) is 37.2 Å². The molecule has 0 amide bonds. The van der Waals surface area contributed by atoms with Crippen molar-refractivity contribution in [3.63, 3.8) is 0 Å². The first-order valence-electron chi connectivity index (χ1n) is 5.62. The van der Waals surface area contributed by atoms with E-state index >= 15 is 0 Å². The molecule has 0 aliphatic heterocycles. The van der Waals surface area contributed by atoms with Gasteiger partial charge in [-0.25, -0.2) is 0 Å². The first kappa shape index (κ1) is 14.7. The maximum absolute atomic E-state index is 6.20. The van der Waals surface area contributed by atoms with Gasteiger partial charge in [0.15, 0.2) is 0 Å². The molecule has 0 unspecified atom stereocenters. The van der Waals surface area contributed by atoms with Crippen LogP contribution in [-0.2, 0) is 6.54 Å². The summed E-state index contributed by atoms with van der Waals surface area (Å²) >= 11 is 13.2. The van der Waals surface area contributed by atoms with E-state index in [4.69, 9.17) is 16.3 Å². The summed E-state index contributed by atoms with van der Waals surface area (Å²) in [6.07, 6.45) is 0. The normalized spacial score (nSPS) is 10.3. The third-order valence-corrected chi connectivity index (χ3v) is 4.22. The third-order valence-electron chi connectivity index (χ3n) is 2.68. The summed E-state index contributed by atoms with van der Waals surface area (Å²) in [7, 11) is 1.64. The van der Waals surface area contributed by atoms with E-state index in [1.807, 2.05) is 36.4 Å². The Morgan fingerprint density at radius 1 is 1.21 bits per heavy atom. The van der Waals surface area contributed by atoms with E-state index in [-0.39, 0.29) is 0 Å². The van der Waals surface area contributed by atoms with Gasteiger partial charge in [-0.15, -0.1) is 0 Å². The average Bonchev–Trinajstić information content (AvgIpc) is 2.40. The van der Waals surface area contributed by atoms with Crippen LogP contribution in [0.15, 0.2) is 45.3 Å². The number of benzene rings is 2. The molecule has 0 saturated heterocycles. The van der Waals surface area contributed by atoms with Gasteiger partial charge < -0.3 is 10.1 Å². The number of hydrogen-bond donors (Lipinski definition) is 1. The van der Waals surface area contributed by atoms with Crippen molar-refractivity contribution in [1.29, 1.82) is 0 Å². The minimum absolute atomic E-state index is 0.595. The lowest BCUT2D eigenvalue weighted by molar-refractivity contribution is 0.410. The van der Waals surface area contributed by atoms with Crippen molar-refractivity contribution in [2.75, 3.05) is 12.4 Å². The zero-order valence-electron chi connectivity index (χ0n) is 10.2. The Kier molecular flexibility index (Phi) is 5.13. The Morgan fingerprint density at radius 2 is 2.00 bits per heavy atom. The molecule has 0 atom stereocenters. The fourth-order valence-corrected chi connectivity index (χ4v) is 2.70. The standard InChI is InChI=1S/C14H12Br2ClNO/c1-19-14-4-2-3-12(17)10(14)8-18-13-7-9(15)5-6-11(13)16/h2-7,18H,8H2,1H3. The van der Waals surface area contributed by atoms with E-state index in [0.717, 1.165) is 25.9 Å². The number of ether oxygens (including phenoxy) is 1. The molecule has 0 aliphatic carbocycles. The predicted molar refractivity (Wildman–Crippen MR) is 87.2 cm³/mol. The molecular weight excluding hydrogens is 393 g/mol. The SMILES string of the molecule is COc1cccc(Cl)c1CNc1cc(Br)ccc1Br. The second-order valence-electron chi connectivity index (χ2n) is 3.90. The largest absolute Gasteiger partial charge is 0.496 e.